The van der Waals surface area contributed by atoms with Crippen LogP contribution < -0.4 is 0 Å². The Morgan fingerprint density at radius 2 is 1.73 bits per heavy atom. The molecule has 204 valence electrons. The molecule has 1 aliphatic carbocycles. The number of rotatable bonds is 10. The van der Waals surface area contributed by atoms with Gasteiger partial charge in [-0.1, -0.05) is 45.4 Å². The first kappa shape index (κ1) is 30.9. The summed E-state index contributed by atoms with van der Waals surface area (Å²) in [4.78, 5) is 17.4. The number of halogens is 3. The number of nitrogens with zero attached hydrogens (tertiary/aromatic N) is 1. The molecule has 0 aliphatic heterocycles. The number of ether oxygens (including phenoxy) is 2. The first-order valence-corrected chi connectivity index (χ1v) is 13.8. The fourth-order valence-electron chi connectivity index (χ4n) is 4.48. The summed E-state index contributed by atoms with van der Waals surface area (Å²) >= 11 is 1.39. The maximum atomic E-state index is 13.5. The van der Waals surface area contributed by atoms with Gasteiger partial charge in [0.2, 0.25) is 0 Å². The minimum atomic E-state index is -4.39. The molecule has 0 spiro atoms. The Morgan fingerprint density at radius 1 is 1.08 bits per heavy atom. The van der Waals surface area contributed by atoms with Crippen LogP contribution in [0.15, 0.2) is 41.2 Å². The highest BCUT2D eigenvalue weighted by Gasteiger charge is 2.32. The lowest BCUT2D eigenvalue weighted by Gasteiger charge is -2.28. The van der Waals surface area contributed by atoms with E-state index in [2.05, 4.69) is 37.9 Å². The SMILES string of the molecule is CC.CCc1cc(C)cc(CC)c1C1=C(OCOC)CC(CCSc2ccc(C(F)(F)F)cn2)CC1=O. The van der Waals surface area contributed by atoms with Crippen molar-refractivity contribution in [2.45, 2.75) is 77.9 Å². The monoisotopic (exact) mass is 537 g/mol. The predicted molar refractivity (Wildman–Crippen MR) is 143 cm³/mol. The zero-order valence-corrected chi connectivity index (χ0v) is 23.4. The summed E-state index contributed by atoms with van der Waals surface area (Å²) in [6, 6.07) is 6.72. The van der Waals surface area contributed by atoms with Gasteiger partial charge in [0.15, 0.2) is 12.6 Å². The van der Waals surface area contributed by atoms with E-state index in [1.54, 1.807) is 7.11 Å². The van der Waals surface area contributed by atoms with Crippen molar-refractivity contribution in [1.82, 2.24) is 4.98 Å². The van der Waals surface area contributed by atoms with Crippen LogP contribution in [-0.4, -0.2) is 30.4 Å². The second-order valence-electron chi connectivity index (χ2n) is 8.73. The van der Waals surface area contributed by atoms with Crippen molar-refractivity contribution in [3.8, 4) is 0 Å². The molecule has 4 nitrogen and oxygen atoms in total. The highest BCUT2D eigenvalue weighted by atomic mass is 32.2. The summed E-state index contributed by atoms with van der Waals surface area (Å²) in [7, 11) is 1.55. The molecule has 1 aromatic heterocycles. The van der Waals surface area contributed by atoms with Gasteiger partial charge in [0.1, 0.15) is 5.76 Å². The minimum Gasteiger partial charge on any atom is -0.471 e. The Labute approximate surface area is 223 Å². The Bertz CT molecular complexity index is 1040. The van der Waals surface area contributed by atoms with Gasteiger partial charge < -0.3 is 9.47 Å². The van der Waals surface area contributed by atoms with E-state index in [4.69, 9.17) is 9.47 Å². The fourth-order valence-corrected chi connectivity index (χ4v) is 5.44. The van der Waals surface area contributed by atoms with Gasteiger partial charge in [0, 0.05) is 26.1 Å². The van der Waals surface area contributed by atoms with E-state index in [0.29, 0.717) is 35.0 Å². The minimum absolute atomic E-state index is 0.0673. The molecule has 0 N–H and O–H groups in total. The van der Waals surface area contributed by atoms with Gasteiger partial charge in [-0.3, -0.25) is 4.79 Å². The second kappa shape index (κ2) is 14.6. The van der Waals surface area contributed by atoms with Crippen molar-refractivity contribution in [3.63, 3.8) is 0 Å². The zero-order chi connectivity index (χ0) is 27.6. The summed E-state index contributed by atoms with van der Waals surface area (Å²) in [6.07, 6.45) is -0.148. The van der Waals surface area contributed by atoms with Gasteiger partial charge in [-0.15, -0.1) is 11.8 Å². The molecule has 0 bridgehead atoms. The number of ketones is 1. The van der Waals surface area contributed by atoms with Crippen molar-refractivity contribution in [1.29, 1.82) is 0 Å². The van der Waals surface area contributed by atoms with E-state index in [0.717, 1.165) is 48.2 Å². The third-order valence-corrected chi connectivity index (χ3v) is 7.13. The van der Waals surface area contributed by atoms with Crippen molar-refractivity contribution in [3.05, 3.63) is 64.0 Å². The summed E-state index contributed by atoms with van der Waals surface area (Å²) in [5, 5.41) is 0.534. The maximum Gasteiger partial charge on any atom is 0.417 e. The number of Topliss-reactive ketones (excluding diaryl/α,β-unsaturated/α-hetero) is 1. The van der Waals surface area contributed by atoms with Gasteiger partial charge in [-0.25, -0.2) is 4.98 Å². The number of alkyl halides is 3. The van der Waals surface area contributed by atoms with E-state index in [1.165, 1.54) is 23.4 Å². The number of methoxy groups -OCH3 is 1. The molecule has 0 radical (unpaired) electrons. The standard InChI is InChI=1S/C27H32F3NO3S.C2H6/c1-5-19-11-17(3)12-20(6-2)25(19)26-22(32)13-18(14-23(26)34-16-33-4)9-10-35-24-8-7-21(15-31-24)27(28,29)30;1-2/h7-8,11-12,15,18H,5-6,9-10,13-14,16H2,1-4H3;1-2H3. The number of hydrogen-bond acceptors (Lipinski definition) is 5. The molecule has 3 rings (SSSR count). The third kappa shape index (κ3) is 8.34. The number of aryl methyl sites for hydroxylation is 3. The average Bonchev–Trinajstić information content (AvgIpc) is 2.88. The molecular formula is C29H38F3NO3S. The highest BCUT2D eigenvalue weighted by molar-refractivity contribution is 7.99. The van der Waals surface area contributed by atoms with Gasteiger partial charge in [0.05, 0.1) is 16.2 Å². The molecule has 2 aromatic rings. The van der Waals surface area contributed by atoms with Crippen LogP contribution in [0.2, 0.25) is 0 Å². The molecule has 0 fully saturated rings. The molecule has 1 atom stereocenters. The number of thioether (sulfide) groups is 1. The second-order valence-corrected chi connectivity index (χ2v) is 9.85. The van der Waals surface area contributed by atoms with E-state index >= 15 is 0 Å². The Hall–Kier alpha value is -2.32. The topological polar surface area (TPSA) is 48.4 Å². The Morgan fingerprint density at radius 3 is 2.24 bits per heavy atom. The predicted octanol–water partition coefficient (Wildman–Crippen LogP) is 8.05. The number of benzene rings is 1. The molecule has 1 aliphatic rings. The molecule has 8 heteroatoms. The quantitative estimate of drug-likeness (QED) is 0.227. The van der Waals surface area contributed by atoms with Crippen LogP contribution in [0, 0.1) is 12.8 Å². The molecular weight excluding hydrogens is 499 g/mol. The number of carbonyl (C=O) groups excluding carboxylic acids is 1. The van der Waals surface area contributed by atoms with Crippen molar-refractivity contribution in [2.75, 3.05) is 19.7 Å². The van der Waals surface area contributed by atoms with Gasteiger partial charge in [-0.2, -0.15) is 13.2 Å². The average molecular weight is 538 g/mol. The van der Waals surface area contributed by atoms with Gasteiger partial charge in [-0.05, 0) is 66.7 Å². The lowest BCUT2D eigenvalue weighted by Crippen LogP contribution is -2.22. The van der Waals surface area contributed by atoms with E-state index in [-0.39, 0.29) is 18.5 Å². The van der Waals surface area contributed by atoms with Crippen molar-refractivity contribution >= 4 is 23.1 Å². The largest absolute Gasteiger partial charge is 0.471 e. The van der Waals surface area contributed by atoms with Crippen LogP contribution in [-0.2, 0) is 33.3 Å². The first-order chi connectivity index (χ1) is 17.7. The third-order valence-electron chi connectivity index (χ3n) is 6.15. The summed E-state index contributed by atoms with van der Waals surface area (Å²) < 4.78 is 49.3. The lowest BCUT2D eigenvalue weighted by molar-refractivity contribution is -0.137. The van der Waals surface area contributed by atoms with Crippen LogP contribution in [0.1, 0.15) is 74.8 Å². The summed E-state index contributed by atoms with van der Waals surface area (Å²) in [5.74, 6) is 1.46. The molecule has 1 aromatic carbocycles. The lowest BCUT2D eigenvalue weighted by atomic mass is 9.79. The molecule has 1 unspecified atom stereocenters. The first-order valence-electron chi connectivity index (χ1n) is 12.8. The van der Waals surface area contributed by atoms with Crippen LogP contribution in [0.5, 0.6) is 0 Å². The number of hydrogen-bond donors (Lipinski definition) is 0. The zero-order valence-electron chi connectivity index (χ0n) is 22.6. The van der Waals surface area contributed by atoms with Crippen molar-refractivity contribution in [2.24, 2.45) is 5.92 Å². The molecule has 37 heavy (non-hydrogen) atoms. The molecule has 1 heterocycles. The Balaban J connectivity index is 0.00000235. The van der Waals surface area contributed by atoms with Gasteiger partial charge >= 0.3 is 6.18 Å². The van der Waals surface area contributed by atoms with Crippen LogP contribution in [0.4, 0.5) is 13.2 Å². The number of aromatic nitrogens is 1. The Kier molecular flexibility index (Phi) is 12.2. The number of allylic oxidation sites excluding steroid dienone is 2. The molecule has 0 amide bonds. The van der Waals surface area contributed by atoms with Crippen molar-refractivity contribution < 1.29 is 27.4 Å². The maximum absolute atomic E-state index is 13.5. The summed E-state index contributed by atoms with van der Waals surface area (Å²) in [5.41, 5.74) is 4.38. The fraction of sp³-hybridized carbons (Fsp3) is 0.517. The molecule has 0 saturated heterocycles. The van der Waals surface area contributed by atoms with Crippen LogP contribution in [0.25, 0.3) is 5.57 Å². The van der Waals surface area contributed by atoms with Crippen LogP contribution in [0.3, 0.4) is 0 Å². The number of carbonyl (C=O) groups is 1. The summed E-state index contributed by atoms with van der Waals surface area (Å²) in [6.45, 7) is 10.3. The van der Waals surface area contributed by atoms with Gasteiger partial charge in [0.25, 0.3) is 0 Å². The van der Waals surface area contributed by atoms with Crippen LogP contribution >= 0.6 is 11.8 Å². The number of pyridine rings is 1. The normalized spacial score (nSPS) is 15.9. The van der Waals surface area contributed by atoms with E-state index in [9.17, 15) is 18.0 Å². The highest BCUT2D eigenvalue weighted by Crippen LogP contribution is 2.39. The van der Waals surface area contributed by atoms with E-state index < -0.39 is 11.7 Å². The molecule has 0 saturated carbocycles. The van der Waals surface area contributed by atoms with E-state index in [1.807, 2.05) is 13.8 Å². The smallest absolute Gasteiger partial charge is 0.417 e.